The number of carbonyl (C=O) groups is 1. The minimum absolute atomic E-state index is 0.252. The first-order valence-electron chi connectivity index (χ1n) is 8.53. The van der Waals surface area contributed by atoms with Crippen LogP contribution in [0.1, 0.15) is 40.9 Å². The monoisotopic (exact) mass is 413 g/mol. The minimum Gasteiger partial charge on any atom is -0.350 e. The topological polar surface area (TPSA) is 63.2 Å². The molecule has 0 bridgehead atoms. The van der Waals surface area contributed by atoms with Gasteiger partial charge in [-0.05, 0) is 57.5 Å². The van der Waals surface area contributed by atoms with Gasteiger partial charge in [0.25, 0.3) is 5.91 Å². The van der Waals surface area contributed by atoms with E-state index in [0.29, 0.717) is 11.6 Å². The predicted molar refractivity (Wildman–Crippen MR) is 101 cm³/mol. The summed E-state index contributed by atoms with van der Waals surface area (Å²) in [6.07, 6.45) is -4.65. The third kappa shape index (κ3) is 4.55. The Bertz CT molecular complexity index is 996. The van der Waals surface area contributed by atoms with Gasteiger partial charge < -0.3 is 5.32 Å². The fraction of sp³-hybridized carbons (Fsp3) is 0.350. The second-order valence-corrected chi connectivity index (χ2v) is 9.87. The second kappa shape index (κ2) is 7.58. The third-order valence-corrected chi connectivity index (χ3v) is 6.97. The molecule has 1 N–H and O–H groups in total. The van der Waals surface area contributed by atoms with Crippen LogP contribution in [0.5, 0.6) is 0 Å². The van der Waals surface area contributed by atoms with Gasteiger partial charge in [0.05, 0.1) is 15.2 Å². The van der Waals surface area contributed by atoms with E-state index in [1.54, 1.807) is 19.1 Å². The smallest absolute Gasteiger partial charge is 0.350 e. The molecule has 0 aromatic heterocycles. The van der Waals surface area contributed by atoms with Crippen molar-refractivity contribution < 1.29 is 26.4 Å². The lowest BCUT2D eigenvalue weighted by atomic mass is 10.0. The Morgan fingerprint density at radius 2 is 1.68 bits per heavy atom. The molecule has 0 fully saturated rings. The summed E-state index contributed by atoms with van der Waals surface area (Å²) in [4.78, 5) is 12.0. The highest BCUT2D eigenvalue weighted by Gasteiger charge is 2.38. The fourth-order valence-corrected chi connectivity index (χ4v) is 4.15. The predicted octanol–water partition coefficient (Wildman–Crippen LogP) is 4.30. The molecular weight excluding hydrogens is 391 g/mol. The van der Waals surface area contributed by atoms with Gasteiger partial charge in [-0.3, -0.25) is 4.79 Å². The number of halogens is 3. The van der Waals surface area contributed by atoms with E-state index < -0.39 is 37.1 Å². The van der Waals surface area contributed by atoms with Gasteiger partial charge in [-0.1, -0.05) is 23.8 Å². The highest BCUT2D eigenvalue weighted by Crippen LogP contribution is 2.33. The van der Waals surface area contributed by atoms with Crippen molar-refractivity contribution >= 4 is 15.7 Å². The average molecular weight is 413 g/mol. The van der Waals surface area contributed by atoms with Crippen LogP contribution in [0.2, 0.25) is 0 Å². The number of hydrogen-bond donors (Lipinski definition) is 1. The molecule has 0 atom stereocenters. The number of alkyl halides is 3. The van der Waals surface area contributed by atoms with Crippen LogP contribution in [-0.4, -0.2) is 25.6 Å². The van der Waals surface area contributed by atoms with E-state index in [0.717, 1.165) is 29.3 Å². The van der Waals surface area contributed by atoms with Crippen molar-refractivity contribution in [3.05, 3.63) is 64.7 Å². The molecule has 0 unspecified atom stereocenters. The summed E-state index contributed by atoms with van der Waals surface area (Å²) >= 11 is 0. The van der Waals surface area contributed by atoms with E-state index in [1.165, 1.54) is 13.8 Å². The van der Waals surface area contributed by atoms with Gasteiger partial charge in [-0.15, -0.1) is 0 Å². The largest absolute Gasteiger partial charge is 0.416 e. The third-order valence-electron chi connectivity index (χ3n) is 4.50. The lowest BCUT2D eigenvalue weighted by Gasteiger charge is -2.26. The van der Waals surface area contributed by atoms with Crippen LogP contribution in [0.15, 0.2) is 47.4 Å². The molecule has 28 heavy (non-hydrogen) atoms. The Morgan fingerprint density at radius 3 is 2.25 bits per heavy atom. The first kappa shape index (κ1) is 21.9. The Morgan fingerprint density at radius 1 is 1.04 bits per heavy atom. The molecular formula is C20H22F3NO3S. The zero-order valence-corrected chi connectivity index (χ0v) is 16.8. The summed E-state index contributed by atoms with van der Waals surface area (Å²) in [5, 5.41) is 2.58. The van der Waals surface area contributed by atoms with Gasteiger partial charge in [0.1, 0.15) is 0 Å². The first-order valence-corrected chi connectivity index (χ1v) is 10.0. The molecule has 4 nitrogen and oxygen atoms in total. The number of carbonyl (C=O) groups excluding carboxylic acids is 1. The molecule has 0 aliphatic rings. The Balaban J connectivity index is 2.24. The highest BCUT2D eigenvalue weighted by atomic mass is 32.2. The summed E-state index contributed by atoms with van der Waals surface area (Å²) in [6.45, 7) is 6.14. The maximum absolute atomic E-state index is 12.9. The van der Waals surface area contributed by atoms with Gasteiger partial charge >= 0.3 is 6.18 Å². The molecule has 152 valence electrons. The molecule has 2 aromatic carbocycles. The average Bonchev–Trinajstić information content (AvgIpc) is 2.59. The zero-order valence-electron chi connectivity index (χ0n) is 16.0. The summed E-state index contributed by atoms with van der Waals surface area (Å²) in [5.74, 6) is -0.440. The molecule has 2 aromatic rings. The van der Waals surface area contributed by atoms with Crippen molar-refractivity contribution in [2.24, 2.45) is 0 Å². The molecule has 0 aliphatic heterocycles. The van der Waals surface area contributed by atoms with Crippen LogP contribution in [0.25, 0.3) is 0 Å². The number of hydrogen-bond acceptors (Lipinski definition) is 3. The molecule has 0 radical (unpaired) electrons. The SMILES string of the molecule is Cc1ccc(C(=O)NCC(C)(C)S(=O)(=O)c2cccc(C(F)(F)F)c2)c(C)c1. The van der Waals surface area contributed by atoms with Gasteiger partial charge in [-0.25, -0.2) is 8.42 Å². The molecule has 0 aliphatic carbocycles. The van der Waals surface area contributed by atoms with Crippen LogP contribution < -0.4 is 5.32 Å². The Kier molecular flexibility index (Phi) is 5.94. The minimum atomic E-state index is -4.65. The maximum Gasteiger partial charge on any atom is 0.416 e. The number of rotatable bonds is 5. The normalized spacial score (nSPS) is 12.7. The van der Waals surface area contributed by atoms with Crippen molar-refractivity contribution in [3.8, 4) is 0 Å². The molecule has 0 saturated carbocycles. The van der Waals surface area contributed by atoms with Crippen LogP contribution in [-0.2, 0) is 16.0 Å². The van der Waals surface area contributed by atoms with Crippen molar-refractivity contribution in [2.75, 3.05) is 6.54 Å². The fourth-order valence-electron chi connectivity index (χ4n) is 2.71. The standard InChI is InChI=1S/C20H22F3NO3S/c1-13-8-9-17(14(2)10-13)18(25)24-12-19(3,4)28(26,27)16-7-5-6-15(11-16)20(21,22)23/h5-11H,12H2,1-4H3,(H,24,25). The maximum atomic E-state index is 12.9. The van der Waals surface area contributed by atoms with Crippen LogP contribution in [0.4, 0.5) is 13.2 Å². The number of aryl methyl sites for hydroxylation is 2. The molecule has 1 amide bonds. The van der Waals surface area contributed by atoms with E-state index in [2.05, 4.69) is 5.32 Å². The van der Waals surface area contributed by atoms with E-state index in [1.807, 2.05) is 13.0 Å². The van der Waals surface area contributed by atoms with E-state index in [9.17, 15) is 26.4 Å². The van der Waals surface area contributed by atoms with Crippen molar-refractivity contribution in [3.63, 3.8) is 0 Å². The zero-order chi connectivity index (χ0) is 21.3. The molecule has 2 rings (SSSR count). The second-order valence-electron chi connectivity index (χ2n) is 7.29. The molecule has 8 heteroatoms. The lowest BCUT2D eigenvalue weighted by molar-refractivity contribution is -0.137. The van der Waals surface area contributed by atoms with E-state index in [4.69, 9.17) is 0 Å². The van der Waals surface area contributed by atoms with Crippen LogP contribution >= 0.6 is 0 Å². The summed E-state index contributed by atoms with van der Waals surface area (Å²) in [6, 6.07) is 8.86. The van der Waals surface area contributed by atoms with Crippen LogP contribution in [0, 0.1) is 13.8 Å². The van der Waals surface area contributed by atoms with Crippen molar-refractivity contribution in [1.82, 2.24) is 5.32 Å². The quantitative estimate of drug-likeness (QED) is 0.795. The Labute approximate surface area is 162 Å². The first-order chi connectivity index (χ1) is 12.8. The lowest BCUT2D eigenvalue weighted by Crippen LogP contribution is -2.44. The van der Waals surface area contributed by atoms with Crippen LogP contribution in [0.3, 0.4) is 0 Å². The van der Waals surface area contributed by atoms with Gasteiger partial charge in [0.15, 0.2) is 9.84 Å². The number of nitrogens with one attached hydrogen (secondary N) is 1. The molecule has 0 saturated heterocycles. The number of benzene rings is 2. The summed E-state index contributed by atoms with van der Waals surface area (Å²) in [7, 11) is -4.13. The summed E-state index contributed by atoms with van der Waals surface area (Å²) in [5.41, 5.74) is 1.11. The highest BCUT2D eigenvalue weighted by molar-refractivity contribution is 7.92. The van der Waals surface area contributed by atoms with Gasteiger partial charge in [-0.2, -0.15) is 13.2 Å². The Hall–Kier alpha value is -2.35. The van der Waals surface area contributed by atoms with E-state index >= 15 is 0 Å². The number of sulfone groups is 1. The number of amides is 1. The van der Waals surface area contributed by atoms with Crippen molar-refractivity contribution in [2.45, 2.75) is 43.5 Å². The van der Waals surface area contributed by atoms with Gasteiger partial charge in [0, 0.05) is 12.1 Å². The summed E-state index contributed by atoms with van der Waals surface area (Å²) < 4.78 is 63.0. The van der Waals surface area contributed by atoms with E-state index in [-0.39, 0.29) is 6.54 Å². The van der Waals surface area contributed by atoms with Crippen molar-refractivity contribution in [1.29, 1.82) is 0 Å². The van der Waals surface area contributed by atoms with Gasteiger partial charge in [0.2, 0.25) is 0 Å². The molecule has 0 heterocycles. The molecule has 0 spiro atoms.